The van der Waals surface area contributed by atoms with Crippen molar-refractivity contribution in [2.24, 2.45) is 0 Å². The molecule has 24 heavy (non-hydrogen) atoms. The highest BCUT2D eigenvalue weighted by Gasteiger charge is 2.21. The van der Waals surface area contributed by atoms with Crippen molar-refractivity contribution in [2.75, 3.05) is 26.2 Å². The van der Waals surface area contributed by atoms with E-state index in [0.29, 0.717) is 18.7 Å². The Hall–Kier alpha value is -2.24. The van der Waals surface area contributed by atoms with Gasteiger partial charge in [0.1, 0.15) is 0 Å². The van der Waals surface area contributed by atoms with Crippen LogP contribution in [0.25, 0.3) is 0 Å². The van der Waals surface area contributed by atoms with E-state index in [4.69, 9.17) is 4.74 Å². The number of benzene rings is 1. The Morgan fingerprint density at radius 3 is 2.88 bits per heavy atom. The van der Waals surface area contributed by atoms with Gasteiger partial charge in [0.2, 0.25) is 0 Å². The molecule has 2 aromatic rings. The number of pyridine rings is 1. The summed E-state index contributed by atoms with van der Waals surface area (Å²) in [6.07, 6.45) is 1.62. The summed E-state index contributed by atoms with van der Waals surface area (Å²) < 4.78 is 5.78. The molecule has 0 aliphatic carbocycles. The first-order valence-corrected chi connectivity index (χ1v) is 8.29. The van der Waals surface area contributed by atoms with Gasteiger partial charge in [-0.2, -0.15) is 0 Å². The molecule has 1 fully saturated rings. The summed E-state index contributed by atoms with van der Waals surface area (Å²) >= 11 is 0. The first kappa shape index (κ1) is 16.6. The molecule has 1 aromatic heterocycles. The number of hydrogen-bond donors (Lipinski definition) is 1. The van der Waals surface area contributed by atoms with Crippen LogP contribution in [0, 0.1) is 6.92 Å². The predicted octanol–water partition coefficient (Wildman–Crippen LogP) is 2.02. The minimum absolute atomic E-state index is 0.0184. The van der Waals surface area contributed by atoms with Gasteiger partial charge in [-0.3, -0.25) is 14.7 Å². The van der Waals surface area contributed by atoms with Crippen LogP contribution in [0.2, 0.25) is 0 Å². The summed E-state index contributed by atoms with van der Waals surface area (Å²) in [6, 6.07) is 14.1. The number of carbonyl (C=O) groups excluding carboxylic acids is 1. The lowest BCUT2D eigenvalue weighted by Crippen LogP contribution is -2.47. The van der Waals surface area contributed by atoms with Crippen LogP contribution in [0.5, 0.6) is 0 Å². The fourth-order valence-electron chi connectivity index (χ4n) is 2.80. The first-order chi connectivity index (χ1) is 11.7. The van der Waals surface area contributed by atoms with Gasteiger partial charge in [-0.15, -0.1) is 0 Å². The normalized spacial score (nSPS) is 18.3. The molecule has 1 N–H and O–H groups in total. The zero-order chi connectivity index (χ0) is 16.8. The predicted molar refractivity (Wildman–Crippen MR) is 92.8 cm³/mol. The second-order valence-corrected chi connectivity index (χ2v) is 6.11. The van der Waals surface area contributed by atoms with E-state index in [1.807, 2.05) is 19.1 Å². The molecule has 0 spiro atoms. The fraction of sp³-hybridized carbons (Fsp3) is 0.368. The van der Waals surface area contributed by atoms with Crippen LogP contribution in [-0.4, -0.2) is 48.1 Å². The maximum absolute atomic E-state index is 12.2. The lowest BCUT2D eigenvalue weighted by Gasteiger charge is -2.33. The van der Waals surface area contributed by atoms with E-state index >= 15 is 0 Å². The number of aromatic nitrogens is 1. The third-order valence-electron chi connectivity index (χ3n) is 4.14. The lowest BCUT2D eigenvalue weighted by atomic mass is 10.2. The molecule has 1 saturated heterocycles. The molecule has 0 radical (unpaired) electrons. The van der Waals surface area contributed by atoms with Gasteiger partial charge in [0, 0.05) is 38.1 Å². The smallest absolute Gasteiger partial charge is 0.252 e. The Kier molecular flexibility index (Phi) is 5.56. The maximum atomic E-state index is 12.2. The van der Waals surface area contributed by atoms with Crippen molar-refractivity contribution in [1.29, 1.82) is 0 Å². The van der Waals surface area contributed by atoms with Crippen LogP contribution >= 0.6 is 0 Å². The van der Waals surface area contributed by atoms with Crippen LogP contribution in [-0.2, 0) is 11.3 Å². The number of rotatable bonds is 5. The highest BCUT2D eigenvalue weighted by atomic mass is 16.5. The van der Waals surface area contributed by atoms with E-state index < -0.39 is 0 Å². The first-order valence-electron chi connectivity index (χ1n) is 8.29. The van der Waals surface area contributed by atoms with E-state index in [-0.39, 0.29) is 12.0 Å². The van der Waals surface area contributed by atoms with Gasteiger partial charge in [-0.25, -0.2) is 0 Å². The van der Waals surface area contributed by atoms with E-state index in [1.54, 1.807) is 12.3 Å². The largest absolute Gasteiger partial charge is 0.374 e. The van der Waals surface area contributed by atoms with Crippen LogP contribution in [0.1, 0.15) is 21.6 Å². The van der Waals surface area contributed by atoms with Gasteiger partial charge in [-0.1, -0.05) is 30.3 Å². The Labute approximate surface area is 142 Å². The van der Waals surface area contributed by atoms with Crippen LogP contribution in [0.3, 0.4) is 0 Å². The Bertz CT molecular complexity index is 658. The van der Waals surface area contributed by atoms with Crippen molar-refractivity contribution < 1.29 is 9.53 Å². The van der Waals surface area contributed by atoms with E-state index in [9.17, 15) is 4.79 Å². The minimum atomic E-state index is -0.105. The standard InChI is InChI=1S/C19H23N3O2/c1-15-7-8-17(11-20-15)19(23)21-12-18-14-22(9-10-24-18)13-16-5-3-2-4-6-16/h2-8,11,18H,9-10,12-14H2,1H3,(H,21,23)/t18-/m1/s1. The molecule has 1 amide bonds. The number of ether oxygens (including phenoxy) is 1. The monoisotopic (exact) mass is 325 g/mol. The molecular weight excluding hydrogens is 302 g/mol. The van der Waals surface area contributed by atoms with Gasteiger partial charge in [0.05, 0.1) is 18.3 Å². The highest BCUT2D eigenvalue weighted by Crippen LogP contribution is 2.10. The van der Waals surface area contributed by atoms with Crippen molar-refractivity contribution in [3.05, 3.63) is 65.5 Å². The number of amides is 1. The number of morpholine rings is 1. The SMILES string of the molecule is Cc1ccc(C(=O)NC[C@@H]2CN(Cc3ccccc3)CCO2)cn1. The van der Waals surface area contributed by atoms with Gasteiger partial charge in [0.15, 0.2) is 0 Å². The minimum Gasteiger partial charge on any atom is -0.374 e. The molecule has 3 rings (SSSR count). The Morgan fingerprint density at radius 2 is 2.12 bits per heavy atom. The van der Waals surface area contributed by atoms with Crippen molar-refractivity contribution in [2.45, 2.75) is 19.6 Å². The quantitative estimate of drug-likeness (QED) is 0.914. The molecule has 1 aromatic carbocycles. The van der Waals surface area contributed by atoms with E-state index in [2.05, 4.69) is 39.5 Å². The summed E-state index contributed by atoms with van der Waals surface area (Å²) in [5.74, 6) is -0.105. The van der Waals surface area contributed by atoms with Crippen molar-refractivity contribution >= 4 is 5.91 Å². The molecule has 0 saturated carbocycles. The molecule has 126 valence electrons. The second kappa shape index (κ2) is 8.04. The fourth-order valence-corrected chi connectivity index (χ4v) is 2.80. The average molecular weight is 325 g/mol. The molecule has 1 aliphatic rings. The van der Waals surface area contributed by atoms with Crippen molar-refractivity contribution in [3.8, 4) is 0 Å². The van der Waals surface area contributed by atoms with Gasteiger partial charge in [-0.05, 0) is 24.6 Å². The Morgan fingerprint density at radius 1 is 1.29 bits per heavy atom. The van der Waals surface area contributed by atoms with Crippen LogP contribution in [0.15, 0.2) is 48.7 Å². The summed E-state index contributed by atoms with van der Waals surface area (Å²) in [5.41, 5.74) is 2.78. The molecule has 5 heteroatoms. The van der Waals surface area contributed by atoms with E-state index in [0.717, 1.165) is 25.3 Å². The summed E-state index contributed by atoms with van der Waals surface area (Å²) in [7, 11) is 0. The molecular formula is C19H23N3O2. The molecule has 0 unspecified atom stereocenters. The lowest BCUT2D eigenvalue weighted by molar-refractivity contribution is -0.0292. The summed E-state index contributed by atoms with van der Waals surface area (Å²) in [4.78, 5) is 18.7. The zero-order valence-corrected chi connectivity index (χ0v) is 13.9. The number of carbonyl (C=O) groups is 1. The zero-order valence-electron chi connectivity index (χ0n) is 13.9. The number of nitrogens with zero attached hydrogens (tertiary/aromatic N) is 2. The number of aryl methyl sites for hydroxylation is 1. The topological polar surface area (TPSA) is 54.5 Å². The van der Waals surface area contributed by atoms with Crippen LogP contribution in [0.4, 0.5) is 0 Å². The van der Waals surface area contributed by atoms with Gasteiger partial charge >= 0.3 is 0 Å². The number of nitrogens with one attached hydrogen (secondary N) is 1. The van der Waals surface area contributed by atoms with E-state index in [1.165, 1.54) is 5.56 Å². The molecule has 0 bridgehead atoms. The third-order valence-corrected chi connectivity index (χ3v) is 4.14. The maximum Gasteiger partial charge on any atom is 0.252 e. The molecule has 2 heterocycles. The molecule has 1 aliphatic heterocycles. The average Bonchev–Trinajstić information content (AvgIpc) is 2.61. The third kappa shape index (κ3) is 4.63. The van der Waals surface area contributed by atoms with Crippen LogP contribution < -0.4 is 5.32 Å². The van der Waals surface area contributed by atoms with Gasteiger partial charge in [0.25, 0.3) is 5.91 Å². The summed E-state index contributed by atoms with van der Waals surface area (Å²) in [5, 5.41) is 2.94. The molecule has 1 atom stereocenters. The van der Waals surface area contributed by atoms with Gasteiger partial charge < -0.3 is 10.1 Å². The second-order valence-electron chi connectivity index (χ2n) is 6.11. The van der Waals surface area contributed by atoms with Crippen molar-refractivity contribution in [1.82, 2.24) is 15.2 Å². The van der Waals surface area contributed by atoms with Crippen molar-refractivity contribution in [3.63, 3.8) is 0 Å². The summed E-state index contributed by atoms with van der Waals surface area (Å²) in [6.45, 7) is 5.76. The number of hydrogen-bond acceptors (Lipinski definition) is 4. The Balaban J connectivity index is 1.48. The molecule has 5 nitrogen and oxygen atoms in total. The highest BCUT2D eigenvalue weighted by molar-refractivity contribution is 5.93.